The molecule has 1 fully saturated rings. The van der Waals surface area contributed by atoms with Gasteiger partial charge >= 0.3 is 0 Å². The van der Waals surface area contributed by atoms with Gasteiger partial charge in [0, 0.05) is 6.42 Å². The molecule has 0 spiro atoms. The normalized spacial score (nSPS) is 19.6. The van der Waals surface area contributed by atoms with Gasteiger partial charge in [-0.15, -0.1) is 0 Å². The fourth-order valence-corrected chi connectivity index (χ4v) is 9.07. The number of hydrogen-bond donors (Lipinski definition) is 6. The zero-order valence-corrected chi connectivity index (χ0v) is 49.4. The summed E-state index contributed by atoms with van der Waals surface area (Å²) in [7, 11) is 0. The van der Waals surface area contributed by atoms with Gasteiger partial charge in [-0.05, 0) is 96.3 Å². The molecule has 6 N–H and O–H groups in total. The van der Waals surface area contributed by atoms with Crippen LogP contribution in [0.1, 0.15) is 239 Å². The van der Waals surface area contributed by atoms with Crippen LogP contribution in [0.5, 0.6) is 0 Å². The molecule has 0 bridgehead atoms. The Kier molecular flexibility index (Phi) is 52.5. The Balaban J connectivity index is 2.21. The minimum atomic E-state index is -1.58. The second-order valence-corrected chi connectivity index (χ2v) is 21.1. The van der Waals surface area contributed by atoms with E-state index in [4.69, 9.17) is 9.47 Å². The average molecular weight is 1090 g/mol. The Bertz CT molecular complexity index is 1690. The van der Waals surface area contributed by atoms with Gasteiger partial charge in [0.2, 0.25) is 5.91 Å². The largest absolute Gasteiger partial charge is 0.394 e. The molecule has 444 valence electrons. The highest BCUT2D eigenvalue weighted by Gasteiger charge is 2.44. The molecule has 0 aromatic rings. The molecule has 0 aromatic heterocycles. The molecule has 1 aliphatic heterocycles. The number of hydrogen-bond acceptors (Lipinski definition) is 8. The monoisotopic (exact) mass is 1090 g/mol. The molecule has 7 unspecified atom stereocenters. The standard InChI is InChI=1S/C69H115NO8/c1-3-5-7-9-11-13-15-17-19-21-23-24-25-26-27-28-29-30-31-32-33-34-35-36-37-38-39-40-41-43-45-47-49-51-53-55-57-59-65(73)70-62(61-77-69-68(76)67(75)66(74)64(60-71)78-69)63(72)58-56-54-52-50-48-46-44-42-22-20-18-16-14-12-10-8-6-4-2/h5,7,11,13,17,19,23-24,26-27,29-30,32-33,35-36,38-39,41,43,56,58,62-64,66-69,71-72,74-76H,3-4,6,8-10,12,14-16,18,20-22,25,28,31,34,37,40,42,44-55,57,59-61H2,1-2H3,(H,70,73)/b7-5-,13-11-,19-17-,24-23-,27-26-,30-29-,33-32-,36-35-,39-38-,43-41-,58-56+. The van der Waals surface area contributed by atoms with Gasteiger partial charge in [0.25, 0.3) is 0 Å². The number of rotatable bonds is 52. The zero-order valence-electron chi connectivity index (χ0n) is 49.4. The molecule has 1 aliphatic rings. The number of nitrogens with one attached hydrogen (secondary N) is 1. The van der Waals surface area contributed by atoms with Crippen molar-refractivity contribution >= 4 is 5.91 Å². The van der Waals surface area contributed by atoms with Gasteiger partial charge < -0.3 is 40.3 Å². The summed E-state index contributed by atoms with van der Waals surface area (Å²) in [5.41, 5.74) is 0. The quantitative estimate of drug-likeness (QED) is 0.0261. The predicted molar refractivity (Wildman–Crippen MR) is 331 cm³/mol. The third-order valence-electron chi connectivity index (χ3n) is 14.0. The molecule has 0 saturated carbocycles. The van der Waals surface area contributed by atoms with E-state index < -0.39 is 49.5 Å². The smallest absolute Gasteiger partial charge is 0.220 e. The minimum Gasteiger partial charge on any atom is -0.394 e. The second-order valence-electron chi connectivity index (χ2n) is 21.1. The van der Waals surface area contributed by atoms with Crippen molar-refractivity contribution < 1.29 is 39.8 Å². The lowest BCUT2D eigenvalue weighted by Crippen LogP contribution is -2.60. The van der Waals surface area contributed by atoms with Crippen molar-refractivity contribution in [1.82, 2.24) is 5.32 Å². The van der Waals surface area contributed by atoms with Gasteiger partial charge in [-0.1, -0.05) is 270 Å². The second kappa shape index (κ2) is 56.6. The molecule has 0 aliphatic carbocycles. The van der Waals surface area contributed by atoms with E-state index in [9.17, 15) is 30.3 Å². The molecule has 1 heterocycles. The fraction of sp³-hybridized carbons (Fsp3) is 0.667. The van der Waals surface area contributed by atoms with Crippen molar-refractivity contribution in [3.05, 3.63) is 134 Å². The van der Waals surface area contributed by atoms with E-state index in [1.54, 1.807) is 6.08 Å². The van der Waals surface area contributed by atoms with Gasteiger partial charge in [-0.25, -0.2) is 0 Å². The molecule has 1 saturated heterocycles. The summed E-state index contributed by atoms with van der Waals surface area (Å²) in [6.07, 6.45) is 79.4. The van der Waals surface area contributed by atoms with E-state index in [0.29, 0.717) is 6.42 Å². The molecule has 9 nitrogen and oxygen atoms in total. The van der Waals surface area contributed by atoms with Crippen LogP contribution in [0.4, 0.5) is 0 Å². The SMILES string of the molecule is CC/C=C\C/C=C\C/C=C\C/C=C\C/C=C\C/C=C\C/C=C\C/C=C\C/C=C\C/C=C\CCCCCCCCC(=O)NC(COC1OC(CO)C(O)C(O)C1O)C(O)/C=C/CCCCCCCCCCCCCCCCCC. The van der Waals surface area contributed by atoms with Gasteiger partial charge in [-0.2, -0.15) is 0 Å². The van der Waals surface area contributed by atoms with Crippen LogP contribution in [0, 0.1) is 0 Å². The molecule has 1 amide bonds. The lowest BCUT2D eigenvalue weighted by molar-refractivity contribution is -0.302. The van der Waals surface area contributed by atoms with Crippen LogP contribution in [0.2, 0.25) is 0 Å². The van der Waals surface area contributed by atoms with Crippen LogP contribution in [-0.2, 0) is 14.3 Å². The Hall–Kier alpha value is -3.67. The number of amides is 1. The molecule has 78 heavy (non-hydrogen) atoms. The first-order valence-electron chi connectivity index (χ1n) is 31.4. The first kappa shape index (κ1) is 72.3. The average Bonchev–Trinajstić information content (AvgIpc) is 3.45. The third kappa shape index (κ3) is 45.1. The maximum Gasteiger partial charge on any atom is 0.220 e. The number of aliphatic hydroxyl groups is 5. The predicted octanol–water partition coefficient (Wildman–Crippen LogP) is 16.5. The first-order valence-corrected chi connectivity index (χ1v) is 31.4. The van der Waals surface area contributed by atoms with E-state index in [-0.39, 0.29) is 12.5 Å². The number of carbonyl (C=O) groups excluding carboxylic acids is 1. The number of unbranched alkanes of at least 4 members (excludes halogenated alkanes) is 22. The van der Waals surface area contributed by atoms with Crippen LogP contribution in [0.25, 0.3) is 0 Å². The van der Waals surface area contributed by atoms with Crippen molar-refractivity contribution in [1.29, 1.82) is 0 Å². The highest BCUT2D eigenvalue weighted by atomic mass is 16.7. The van der Waals surface area contributed by atoms with Gasteiger partial charge in [0.15, 0.2) is 6.29 Å². The minimum absolute atomic E-state index is 0.196. The summed E-state index contributed by atoms with van der Waals surface area (Å²) >= 11 is 0. The van der Waals surface area contributed by atoms with Crippen LogP contribution in [-0.4, -0.2) is 87.5 Å². The van der Waals surface area contributed by atoms with Crippen molar-refractivity contribution in [3.8, 4) is 0 Å². The summed E-state index contributed by atoms with van der Waals surface area (Å²) in [4.78, 5) is 13.1. The summed E-state index contributed by atoms with van der Waals surface area (Å²) < 4.78 is 11.3. The summed E-state index contributed by atoms with van der Waals surface area (Å²) in [6, 6.07) is -0.823. The molecule has 0 radical (unpaired) electrons. The maximum absolute atomic E-state index is 13.1. The Morgan fingerprint density at radius 1 is 0.449 bits per heavy atom. The number of allylic oxidation sites excluding steroid dienone is 21. The molecule has 0 aromatic carbocycles. The Morgan fingerprint density at radius 3 is 1.18 bits per heavy atom. The topological polar surface area (TPSA) is 149 Å². The highest BCUT2D eigenvalue weighted by Crippen LogP contribution is 2.23. The van der Waals surface area contributed by atoms with E-state index in [1.807, 2.05) is 6.08 Å². The van der Waals surface area contributed by atoms with Crippen molar-refractivity contribution in [2.24, 2.45) is 0 Å². The van der Waals surface area contributed by atoms with Crippen LogP contribution in [0.15, 0.2) is 134 Å². The van der Waals surface area contributed by atoms with Crippen molar-refractivity contribution in [2.45, 2.75) is 281 Å². The van der Waals surface area contributed by atoms with Crippen molar-refractivity contribution in [2.75, 3.05) is 13.2 Å². The summed E-state index contributed by atoms with van der Waals surface area (Å²) in [5, 5.41) is 54.6. The molecule has 7 atom stereocenters. The van der Waals surface area contributed by atoms with Crippen LogP contribution < -0.4 is 5.32 Å². The lowest BCUT2D eigenvalue weighted by atomic mass is 9.99. The molecular weight excluding hydrogens is 971 g/mol. The molecule has 1 rings (SSSR count). The maximum atomic E-state index is 13.1. The van der Waals surface area contributed by atoms with E-state index >= 15 is 0 Å². The first-order chi connectivity index (χ1) is 38.3. The molecular formula is C69H115NO8. The van der Waals surface area contributed by atoms with Crippen molar-refractivity contribution in [3.63, 3.8) is 0 Å². The van der Waals surface area contributed by atoms with Gasteiger partial charge in [0.05, 0.1) is 25.4 Å². The number of aliphatic hydroxyl groups excluding tert-OH is 5. The third-order valence-corrected chi connectivity index (χ3v) is 14.0. The fourth-order valence-electron chi connectivity index (χ4n) is 9.07. The number of ether oxygens (including phenoxy) is 2. The number of carbonyl (C=O) groups is 1. The highest BCUT2D eigenvalue weighted by molar-refractivity contribution is 5.76. The molecule has 9 heteroatoms. The lowest BCUT2D eigenvalue weighted by Gasteiger charge is -2.40. The Morgan fingerprint density at radius 2 is 0.795 bits per heavy atom. The van der Waals surface area contributed by atoms with Crippen LogP contribution in [0.3, 0.4) is 0 Å². The van der Waals surface area contributed by atoms with Gasteiger partial charge in [0.1, 0.15) is 24.4 Å². The van der Waals surface area contributed by atoms with E-state index in [1.165, 1.54) is 89.9 Å². The van der Waals surface area contributed by atoms with E-state index in [0.717, 1.165) is 128 Å². The zero-order chi connectivity index (χ0) is 56.5. The Labute approximate surface area is 477 Å². The van der Waals surface area contributed by atoms with Gasteiger partial charge in [-0.3, -0.25) is 4.79 Å². The van der Waals surface area contributed by atoms with Crippen LogP contribution >= 0.6 is 0 Å². The van der Waals surface area contributed by atoms with E-state index in [2.05, 4.69) is 141 Å². The summed E-state index contributed by atoms with van der Waals surface area (Å²) in [5.74, 6) is -0.196. The summed E-state index contributed by atoms with van der Waals surface area (Å²) in [6.45, 7) is 3.66.